The number of amides is 2. The largest absolute Gasteiger partial charge is 0.456 e. The smallest absolute Gasteiger partial charge is 0.321 e. The zero-order chi connectivity index (χ0) is 16.9. The highest BCUT2D eigenvalue weighted by atomic mass is 16.5. The van der Waals surface area contributed by atoms with Crippen molar-refractivity contribution in [3.63, 3.8) is 0 Å². The van der Waals surface area contributed by atoms with E-state index in [2.05, 4.69) is 5.32 Å². The van der Waals surface area contributed by atoms with Crippen LogP contribution in [0.2, 0.25) is 0 Å². The third kappa shape index (κ3) is 2.46. The molecule has 5 rings (SSSR count). The van der Waals surface area contributed by atoms with Gasteiger partial charge in [0.05, 0.1) is 6.61 Å². The number of carbonyl (C=O) groups excluding carboxylic acids is 1. The van der Waals surface area contributed by atoms with Gasteiger partial charge in [0.2, 0.25) is 0 Å². The lowest BCUT2D eigenvalue weighted by atomic mass is 9.87. The third-order valence-electron chi connectivity index (χ3n) is 5.54. The van der Waals surface area contributed by atoms with Gasteiger partial charge in [-0.05, 0) is 31.0 Å². The van der Waals surface area contributed by atoms with E-state index in [4.69, 9.17) is 9.15 Å². The minimum Gasteiger partial charge on any atom is -0.456 e. The summed E-state index contributed by atoms with van der Waals surface area (Å²) >= 11 is 0. The summed E-state index contributed by atoms with van der Waals surface area (Å²) in [7, 11) is 0. The summed E-state index contributed by atoms with van der Waals surface area (Å²) in [6.45, 7) is 3.17. The Kier molecular flexibility index (Phi) is 3.25. The van der Waals surface area contributed by atoms with Crippen LogP contribution in [0, 0.1) is 5.41 Å². The minimum atomic E-state index is -0.0424. The maximum absolute atomic E-state index is 12.6. The Bertz CT molecular complexity index is 956. The normalized spacial score (nSPS) is 23.1. The molecule has 3 heterocycles. The van der Waals surface area contributed by atoms with Crippen molar-refractivity contribution in [2.24, 2.45) is 5.41 Å². The number of hydrogen-bond acceptors (Lipinski definition) is 3. The summed E-state index contributed by atoms with van der Waals surface area (Å²) in [5.41, 5.74) is 2.60. The Labute approximate surface area is 145 Å². The Morgan fingerprint density at radius 1 is 1.08 bits per heavy atom. The quantitative estimate of drug-likeness (QED) is 0.723. The highest BCUT2D eigenvalue weighted by molar-refractivity contribution is 6.06. The molecule has 2 fully saturated rings. The molecule has 1 N–H and O–H groups in total. The number of benzene rings is 2. The molecule has 2 saturated heterocycles. The van der Waals surface area contributed by atoms with Crippen LogP contribution in [-0.4, -0.2) is 37.2 Å². The first-order valence-corrected chi connectivity index (χ1v) is 8.78. The van der Waals surface area contributed by atoms with Crippen LogP contribution in [0.25, 0.3) is 21.9 Å². The minimum absolute atomic E-state index is 0.0424. The van der Waals surface area contributed by atoms with Gasteiger partial charge in [-0.25, -0.2) is 4.79 Å². The lowest BCUT2D eigenvalue weighted by Crippen LogP contribution is -2.35. The molecule has 2 aliphatic rings. The van der Waals surface area contributed by atoms with Gasteiger partial charge in [0.15, 0.2) is 0 Å². The van der Waals surface area contributed by atoms with Crippen LogP contribution in [0.4, 0.5) is 10.5 Å². The Balaban J connectivity index is 1.37. The van der Waals surface area contributed by atoms with Gasteiger partial charge in [-0.2, -0.15) is 0 Å². The molecule has 2 aromatic carbocycles. The van der Waals surface area contributed by atoms with E-state index in [0.29, 0.717) is 0 Å². The van der Waals surface area contributed by atoms with Gasteiger partial charge in [0.1, 0.15) is 11.2 Å². The van der Waals surface area contributed by atoms with E-state index in [1.54, 1.807) is 0 Å². The summed E-state index contributed by atoms with van der Waals surface area (Å²) in [6, 6.07) is 13.8. The molecule has 2 amide bonds. The fourth-order valence-corrected chi connectivity index (χ4v) is 4.09. The fourth-order valence-electron chi connectivity index (χ4n) is 4.09. The lowest BCUT2D eigenvalue weighted by molar-refractivity contribution is 0.154. The Hall–Kier alpha value is -2.53. The van der Waals surface area contributed by atoms with E-state index in [-0.39, 0.29) is 11.4 Å². The number of urea groups is 1. The average molecular weight is 336 g/mol. The predicted octanol–water partition coefficient (Wildman–Crippen LogP) is 4.23. The molecule has 1 spiro atoms. The number of ether oxygens (including phenoxy) is 1. The number of likely N-dealkylation sites (tertiary alicyclic amines) is 1. The molecule has 1 aromatic heterocycles. The molecule has 128 valence electrons. The molecule has 0 radical (unpaired) electrons. The lowest BCUT2D eigenvalue weighted by Gasteiger charge is -2.22. The summed E-state index contributed by atoms with van der Waals surface area (Å²) in [4.78, 5) is 14.5. The van der Waals surface area contributed by atoms with Gasteiger partial charge in [0, 0.05) is 47.6 Å². The van der Waals surface area contributed by atoms with E-state index in [0.717, 1.165) is 66.8 Å². The first-order valence-electron chi connectivity index (χ1n) is 8.78. The molecule has 25 heavy (non-hydrogen) atoms. The van der Waals surface area contributed by atoms with Gasteiger partial charge < -0.3 is 19.4 Å². The Morgan fingerprint density at radius 3 is 2.84 bits per heavy atom. The summed E-state index contributed by atoms with van der Waals surface area (Å²) in [6.07, 6.45) is 2.09. The topological polar surface area (TPSA) is 54.7 Å². The first-order chi connectivity index (χ1) is 12.2. The molecule has 2 aliphatic heterocycles. The molecule has 0 unspecified atom stereocenters. The van der Waals surface area contributed by atoms with Crippen LogP contribution in [-0.2, 0) is 4.74 Å². The summed E-state index contributed by atoms with van der Waals surface area (Å²) in [5, 5.41) is 5.17. The Morgan fingerprint density at radius 2 is 1.96 bits per heavy atom. The van der Waals surface area contributed by atoms with Crippen LogP contribution in [0.1, 0.15) is 12.8 Å². The van der Waals surface area contributed by atoms with Crippen LogP contribution in [0.3, 0.4) is 0 Å². The van der Waals surface area contributed by atoms with Crippen molar-refractivity contribution in [2.45, 2.75) is 12.8 Å². The van der Waals surface area contributed by atoms with Crippen molar-refractivity contribution < 1.29 is 13.9 Å². The third-order valence-corrected chi connectivity index (χ3v) is 5.54. The maximum Gasteiger partial charge on any atom is 0.321 e. The van der Waals surface area contributed by atoms with Crippen molar-refractivity contribution in [3.8, 4) is 0 Å². The zero-order valence-electron chi connectivity index (χ0n) is 14.0. The van der Waals surface area contributed by atoms with E-state index in [1.165, 1.54) is 0 Å². The SMILES string of the molecule is O=C(Nc1ccc2c(c1)oc1ccccc12)N1CC[C@]2(CCOC2)C1. The van der Waals surface area contributed by atoms with Gasteiger partial charge in [-0.15, -0.1) is 0 Å². The van der Waals surface area contributed by atoms with Gasteiger partial charge >= 0.3 is 6.03 Å². The van der Waals surface area contributed by atoms with Gasteiger partial charge in [0.25, 0.3) is 0 Å². The molecule has 3 aromatic rings. The highest BCUT2D eigenvalue weighted by Crippen LogP contribution is 2.38. The van der Waals surface area contributed by atoms with Crippen molar-refractivity contribution in [1.82, 2.24) is 4.90 Å². The predicted molar refractivity (Wildman–Crippen MR) is 96.8 cm³/mol. The van der Waals surface area contributed by atoms with Crippen molar-refractivity contribution in [3.05, 3.63) is 42.5 Å². The number of nitrogens with zero attached hydrogens (tertiary/aromatic N) is 1. The second-order valence-corrected chi connectivity index (χ2v) is 7.21. The van der Waals surface area contributed by atoms with E-state index >= 15 is 0 Å². The molecule has 5 heteroatoms. The number of carbonyl (C=O) groups is 1. The summed E-state index contributed by atoms with van der Waals surface area (Å²) < 4.78 is 11.4. The number of anilines is 1. The van der Waals surface area contributed by atoms with Crippen molar-refractivity contribution >= 4 is 33.7 Å². The van der Waals surface area contributed by atoms with Crippen LogP contribution in [0.5, 0.6) is 0 Å². The number of nitrogens with one attached hydrogen (secondary N) is 1. The summed E-state index contributed by atoms with van der Waals surface area (Å²) in [5.74, 6) is 0. The van der Waals surface area contributed by atoms with Crippen LogP contribution >= 0.6 is 0 Å². The fraction of sp³-hybridized carbons (Fsp3) is 0.350. The zero-order valence-corrected chi connectivity index (χ0v) is 14.0. The maximum atomic E-state index is 12.6. The van der Waals surface area contributed by atoms with E-state index < -0.39 is 0 Å². The second kappa shape index (κ2) is 5.49. The van der Waals surface area contributed by atoms with Crippen LogP contribution < -0.4 is 5.32 Å². The first kappa shape index (κ1) is 14.8. The highest BCUT2D eigenvalue weighted by Gasteiger charge is 2.42. The van der Waals surface area contributed by atoms with Crippen LogP contribution in [0.15, 0.2) is 46.9 Å². The van der Waals surface area contributed by atoms with Gasteiger partial charge in [-0.1, -0.05) is 18.2 Å². The molecule has 0 aliphatic carbocycles. The number of hydrogen-bond donors (Lipinski definition) is 1. The standard InChI is InChI=1S/C20H20N2O3/c23-19(22-9-7-20(12-22)8-10-24-13-20)21-14-5-6-16-15-3-1-2-4-17(15)25-18(16)11-14/h1-6,11H,7-10,12-13H2,(H,21,23)/t20-/m0/s1. The second-order valence-electron chi connectivity index (χ2n) is 7.21. The monoisotopic (exact) mass is 336 g/mol. The molecule has 5 nitrogen and oxygen atoms in total. The number of fused-ring (bicyclic) bond motifs is 3. The molecule has 0 saturated carbocycles. The van der Waals surface area contributed by atoms with E-state index in [1.807, 2.05) is 47.4 Å². The van der Waals surface area contributed by atoms with Crippen molar-refractivity contribution in [1.29, 1.82) is 0 Å². The van der Waals surface area contributed by atoms with E-state index in [9.17, 15) is 4.79 Å². The molecule has 0 bridgehead atoms. The van der Waals surface area contributed by atoms with Crippen molar-refractivity contribution in [2.75, 3.05) is 31.6 Å². The number of rotatable bonds is 1. The number of furan rings is 1. The van der Waals surface area contributed by atoms with Gasteiger partial charge in [-0.3, -0.25) is 0 Å². The molecular weight excluding hydrogens is 316 g/mol. The average Bonchev–Trinajstić information content (AvgIpc) is 3.34. The molecule has 1 atom stereocenters. The molecular formula is C20H20N2O3. The number of para-hydroxylation sites is 1.